The Hall–Kier alpha value is -0.700. The van der Waals surface area contributed by atoms with Gasteiger partial charge < -0.3 is 0 Å². The summed E-state index contributed by atoms with van der Waals surface area (Å²) in [6, 6.07) is 14.2. The topological polar surface area (TPSA) is 0 Å². The quantitative estimate of drug-likeness (QED) is 0.345. The third kappa shape index (κ3) is 5.12. The zero-order chi connectivity index (χ0) is 24.6. The van der Waals surface area contributed by atoms with Crippen LogP contribution in [0.1, 0.15) is 88.8 Å². The molecular weight excluding hydrogens is 410 g/mol. The molecule has 0 saturated carbocycles. The molecule has 3 atom stereocenters. The van der Waals surface area contributed by atoms with Crippen LogP contribution in [0.15, 0.2) is 36.4 Å². The molecule has 0 N–H and O–H groups in total. The average molecular weight is 461 g/mol. The Morgan fingerprint density at radius 2 is 1.00 bits per heavy atom. The molecule has 0 fully saturated rings. The average Bonchev–Trinajstić information content (AvgIpc) is 3.15. The Balaban J connectivity index is 0.00000102. The van der Waals surface area contributed by atoms with Gasteiger partial charge in [0, 0.05) is 0 Å². The molecule has 4 rings (SSSR count). The van der Waals surface area contributed by atoms with Gasteiger partial charge in [-0.05, 0) is 65.2 Å². The van der Waals surface area contributed by atoms with E-state index < -0.39 is 0 Å². The molecule has 0 aliphatic heterocycles. The van der Waals surface area contributed by atoms with E-state index in [1.54, 1.807) is 22.3 Å². The third-order valence-electron chi connectivity index (χ3n) is 7.25. The standard InChI is InChI=1S/C23H28.2C2H6.2CH5P/c1-15-8-10-19-18(11-15)14-23(21(19,3)4)13-17-9-7-16(2)12-20(17)22(23,5)6;4*1-2/h7-12H,13-14H2,1-6H3;2*1-2H3;2*2H2,1H3. The number of fused-ring (bicyclic) bond motifs is 2. The van der Waals surface area contributed by atoms with Gasteiger partial charge in [-0.3, -0.25) is 0 Å². The van der Waals surface area contributed by atoms with Crippen LogP contribution in [0.4, 0.5) is 0 Å². The van der Waals surface area contributed by atoms with Gasteiger partial charge in [0.2, 0.25) is 0 Å². The van der Waals surface area contributed by atoms with Crippen molar-refractivity contribution in [3.8, 4) is 0 Å². The molecule has 0 amide bonds. The first-order valence-corrected chi connectivity index (χ1v) is 14.4. The highest BCUT2D eigenvalue weighted by Gasteiger charge is 2.62. The lowest BCUT2D eigenvalue weighted by Crippen LogP contribution is -2.49. The van der Waals surface area contributed by atoms with Gasteiger partial charge in [0.15, 0.2) is 0 Å². The maximum Gasteiger partial charge on any atom is -0.00296 e. The van der Waals surface area contributed by atoms with Crippen LogP contribution in [0.5, 0.6) is 0 Å². The lowest BCUT2D eigenvalue weighted by Gasteiger charge is -2.49. The summed E-state index contributed by atoms with van der Waals surface area (Å²) >= 11 is 0. The molecular formula is C29H50P2. The second-order valence-corrected chi connectivity index (χ2v) is 9.01. The Bertz CT molecular complexity index is 817. The summed E-state index contributed by atoms with van der Waals surface area (Å²) in [7, 11) is 4.83. The van der Waals surface area contributed by atoms with Gasteiger partial charge in [0.05, 0.1) is 0 Å². The van der Waals surface area contributed by atoms with E-state index in [9.17, 15) is 0 Å². The highest BCUT2D eigenvalue weighted by atomic mass is 31.0. The van der Waals surface area contributed by atoms with Crippen LogP contribution in [0.3, 0.4) is 0 Å². The minimum absolute atomic E-state index is 0.199. The van der Waals surface area contributed by atoms with Crippen LogP contribution >= 0.6 is 18.5 Å². The molecule has 2 aliphatic rings. The summed E-state index contributed by atoms with van der Waals surface area (Å²) in [5.41, 5.74) is 9.75. The summed E-state index contributed by atoms with van der Waals surface area (Å²) < 4.78 is 0. The first-order valence-electron chi connectivity index (χ1n) is 12.0. The Morgan fingerprint density at radius 1 is 0.581 bits per heavy atom. The van der Waals surface area contributed by atoms with Crippen molar-refractivity contribution in [3.63, 3.8) is 0 Å². The molecule has 1 spiro atoms. The van der Waals surface area contributed by atoms with Crippen molar-refractivity contribution in [1.82, 2.24) is 0 Å². The maximum absolute atomic E-state index is 2.48. The molecule has 2 aliphatic carbocycles. The smallest absolute Gasteiger partial charge is 0.00296 e. The number of rotatable bonds is 0. The molecule has 0 saturated heterocycles. The van der Waals surface area contributed by atoms with Crippen molar-refractivity contribution in [2.45, 2.75) is 92.9 Å². The molecule has 0 heterocycles. The van der Waals surface area contributed by atoms with E-state index in [1.807, 2.05) is 41.0 Å². The van der Waals surface area contributed by atoms with Crippen LogP contribution < -0.4 is 0 Å². The first-order chi connectivity index (χ1) is 14.7. The number of aryl methyl sites for hydroxylation is 2. The monoisotopic (exact) mass is 460 g/mol. The number of benzene rings is 2. The molecule has 0 aromatic heterocycles. The zero-order valence-corrected chi connectivity index (χ0v) is 24.8. The van der Waals surface area contributed by atoms with Crippen molar-refractivity contribution in [2.75, 3.05) is 13.3 Å². The Morgan fingerprint density at radius 3 is 1.55 bits per heavy atom. The summed E-state index contributed by atoms with van der Waals surface area (Å²) in [5.74, 6) is 0. The van der Waals surface area contributed by atoms with Gasteiger partial charge in [-0.1, -0.05) is 116 Å². The lowest BCUT2D eigenvalue weighted by molar-refractivity contribution is 0.0850. The van der Waals surface area contributed by atoms with Gasteiger partial charge in [0.25, 0.3) is 0 Å². The van der Waals surface area contributed by atoms with Crippen LogP contribution in [-0.4, -0.2) is 13.3 Å². The van der Waals surface area contributed by atoms with E-state index in [1.165, 1.54) is 24.0 Å². The molecule has 31 heavy (non-hydrogen) atoms. The molecule has 0 radical (unpaired) electrons. The summed E-state index contributed by atoms with van der Waals surface area (Å²) in [6.07, 6.45) is 2.41. The molecule has 0 nitrogen and oxygen atoms in total. The van der Waals surface area contributed by atoms with E-state index >= 15 is 0 Å². The molecule has 3 unspecified atom stereocenters. The minimum atomic E-state index is 0.199. The minimum Gasteiger partial charge on any atom is -0.141 e. The predicted octanol–water partition coefficient (Wildman–Crippen LogP) is 8.69. The zero-order valence-electron chi connectivity index (χ0n) is 22.5. The highest BCUT2D eigenvalue weighted by Crippen LogP contribution is 2.66. The van der Waals surface area contributed by atoms with Gasteiger partial charge in [-0.2, -0.15) is 0 Å². The van der Waals surface area contributed by atoms with E-state index in [-0.39, 0.29) is 16.2 Å². The van der Waals surface area contributed by atoms with Crippen LogP contribution in [0.2, 0.25) is 0 Å². The van der Waals surface area contributed by atoms with Crippen LogP contribution in [0, 0.1) is 19.3 Å². The molecule has 176 valence electrons. The van der Waals surface area contributed by atoms with E-state index in [0.29, 0.717) is 0 Å². The van der Waals surface area contributed by atoms with E-state index in [2.05, 4.69) is 96.4 Å². The summed E-state index contributed by atoms with van der Waals surface area (Å²) in [4.78, 5) is 0. The summed E-state index contributed by atoms with van der Waals surface area (Å²) in [6.45, 7) is 26.2. The van der Waals surface area contributed by atoms with E-state index in [0.717, 1.165) is 0 Å². The lowest BCUT2D eigenvalue weighted by atomic mass is 9.54. The van der Waals surface area contributed by atoms with E-state index in [4.69, 9.17) is 0 Å². The largest absolute Gasteiger partial charge is 0.141 e. The SMILES string of the molecule is CC.CC.CP.CP.Cc1ccc2c(c1)CC1(Cc3ccc(C)cc3C1(C)C)C2(C)C. The normalized spacial score (nSPS) is 20.3. The third-order valence-corrected chi connectivity index (χ3v) is 7.25. The maximum atomic E-state index is 2.48. The first kappa shape index (κ1) is 30.3. The van der Waals surface area contributed by atoms with Gasteiger partial charge in [-0.25, -0.2) is 0 Å². The fourth-order valence-electron chi connectivity index (χ4n) is 5.80. The second-order valence-electron chi connectivity index (χ2n) is 9.01. The van der Waals surface area contributed by atoms with Gasteiger partial charge >= 0.3 is 0 Å². The molecule has 2 aromatic rings. The van der Waals surface area contributed by atoms with Crippen molar-refractivity contribution in [3.05, 3.63) is 69.8 Å². The Kier molecular flexibility index (Phi) is 12.2. The van der Waals surface area contributed by atoms with Gasteiger partial charge in [-0.15, -0.1) is 18.5 Å². The predicted molar refractivity (Wildman–Crippen MR) is 152 cm³/mol. The number of hydrogen-bond acceptors (Lipinski definition) is 0. The van der Waals surface area contributed by atoms with Crippen molar-refractivity contribution in [1.29, 1.82) is 0 Å². The second kappa shape index (κ2) is 12.5. The van der Waals surface area contributed by atoms with Crippen molar-refractivity contribution >= 4 is 18.5 Å². The Labute approximate surface area is 199 Å². The summed E-state index contributed by atoms with van der Waals surface area (Å²) in [5, 5.41) is 0. The fraction of sp³-hybridized carbons (Fsp3) is 0.586. The highest BCUT2D eigenvalue weighted by molar-refractivity contribution is 7.15. The van der Waals surface area contributed by atoms with Crippen LogP contribution in [-0.2, 0) is 23.7 Å². The fourth-order valence-corrected chi connectivity index (χ4v) is 5.80. The molecule has 0 bridgehead atoms. The van der Waals surface area contributed by atoms with Crippen molar-refractivity contribution < 1.29 is 0 Å². The van der Waals surface area contributed by atoms with Crippen LogP contribution in [0.25, 0.3) is 0 Å². The number of hydrogen-bond donors (Lipinski definition) is 0. The van der Waals surface area contributed by atoms with Gasteiger partial charge in [0.1, 0.15) is 0 Å². The molecule has 2 heteroatoms. The molecule has 2 aromatic carbocycles. The van der Waals surface area contributed by atoms with Crippen molar-refractivity contribution in [2.24, 2.45) is 5.41 Å².